The molecule has 0 aliphatic carbocycles. The van der Waals surface area contributed by atoms with E-state index in [9.17, 15) is 13.2 Å². The van der Waals surface area contributed by atoms with E-state index in [0.29, 0.717) is 32.8 Å². The Morgan fingerprint density at radius 1 is 0.969 bits per heavy atom. The van der Waals surface area contributed by atoms with Gasteiger partial charge in [-0.05, 0) is 42.0 Å². The third-order valence-electron chi connectivity index (χ3n) is 4.72. The van der Waals surface area contributed by atoms with Crippen LogP contribution in [-0.4, -0.2) is 32.0 Å². The zero-order chi connectivity index (χ0) is 22.7. The highest BCUT2D eigenvalue weighted by atomic mass is 35.5. The molecule has 0 fully saturated rings. The molecule has 166 valence electrons. The van der Waals surface area contributed by atoms with Gasteiger partial charge in [-0.2, -0.15) is 4.31 Å². The van der Waals surface area contributed by atoms with E-state index < -0.39 is 22.5 Å². The molecule has 4 rings (SSSR count). The topological polar surface area (TPSA) is 84.9 Å². The van der Waals surface area contributed by atoms with Crippen LogP contribution in [0.25, 0.3) is 0 Å². The molecule has 3 aromatic rings. The average molecular weight is 493 g/mol. The zero-order valence-electron chi connectivity index (χ0n) is 16.6. The van der Waals surface area contributed by atoms with Crippen LogP contribution in [0.5, 0.6) is 11.5 Å². The number of carbonyl (C=O) groups excluding carboxylic acids is 1. The van der Waals surface area contributed by atoms with Gasteiger partial charge in [0.1, 0.15) is 0 Å². The lowest BCUT2D eigenvalue weighted by molar-refractivity contribution is -0.116. The Kier molecular flexibility index (Phi) is 6.57. The van der Waals surface area contributed by atoms with Crippen molar-refractivity contribution >= 4 is 44.8 Å². The van der Waals surface area contributed by atoms with Gasteiger partial charge in [-0.3, -0.25) is 4.79 Å². The predicted molar refractivity (Wildman–Crippen MR) is 122 cm³/mol. The molecule has 0 aromatic heterocycles. The number of amides is 1. The van der Waals surface area contributed by atoms with Crippen molar-refractivity contribution in [2.24, 2.45) is 0 Å². The Hall–Kier alpha value is -2.78. The number of halogens is 2. The molecule has 3 aromatic carbocycles. The molecule has 1 N–H and O–H groups in total. The summed E-state index contributed by atoms with van der Waals surface area (Å²) in [5.41, 5.74) is 0.979. The summed E-state index contributed by atoms with van der Waals surface area (Å²) in [6.07, 6.45) is 0. The summed E-state index contributed by atoms with van der Waals surface area (Å²) in [5.74, 6) is 0.562. The fraction of sp³-hybridized carbons (Fsp3) is 0.136. The van der Waals surface area contributed by atoms with Gasteiger partial charge in [-0.15, -0.1) is 0 Å². The van der Waals surface area contributed by atoms with Crippen molar-refractivity contribution < 1.29 is 22.7 Å². The van der Waals surface area contributed by atoms with Gasteiger partial charge in [0.25, 0.3) is 0 Å². The number of nitrogens with one attached hydrogen (secondary N) is 1. The first-order chi connectivity index (χ1) is 15.3. The van der Waals surface area contributed by atoms with Crippen molar-refractivity contribution in [3.05, 3.63) is 82.3 Å². The number of anilines is 1. The molecule has 0 radical (unpaired) electrons. The normalized spacial score (nSPS) is 12.7. The number of sulfonamides is 1. The fourth-order valence-electron chi connectivity index (χ4n) is 3.14. The first-order valence-electron chi connectivity index (χ1n) is 9.51. The van der Waals surface area contributed by atoms with Crippen molar-refractivity contribution in [3.63, 3.8) is 0 Å². The van der Waals surface area contributed by atoms with Crippen molar-refractivity contribution in [2.75, 3.05) is 18.7 Å². The van der Waals surface area contributed by atoms with Crippen LogP contribution in [0.1, 0.15) is 5.56 Å². The van der Waals surface area contributed by atoms with Crippen molar-refractivity contribution in [1.82, 2.24) is 4.31 Å². The van der Waals surface area contributed by atoms with Crippen LogP contribution < -0.4 is 14.8 Å². The second kappa shape index (κ2) is 9.38. The molecule has 1 heterocycles. The first kappa shape index (κ1) is 22.4. The fourth-order valence-corrected chi connectivity index (χ4v) is 5.01. The minimum absolute atomic E-state index is 0.0703. The van der Waals surface area contributed by atoms with Crippen LogP contribution in [0.3, 0.4) is 0 Å². The van der Waals surface area contributed by atoms with E-state index in [1.165, 1.54) is 18.2 Å². The third-order valence-corrected chi connectivity index (χ3v) is 7.11. The number of fused-ring (bicyclic) bond motifs is 1. The molecule has 1 aliphatic rings. The van der Waals surface area contributed by atoms with E-state index in [1.807, 2.05) is 0 Å². The predicted octanol–water partition coefficient (Wildman–Crippen LogP) is 4.55. The third kappa shape index (κ3) is 4.99. The van der Waals surface area contributed by atoms with Crippen LogP contribution in [0.4, 0.5) is 5.69 Å². The summed E-state index contributed by atoms with van der Waals surface area (Å²) in [4.78, 5) is 12.9. The monoisotopic (exact) mass is 492 g/mol. The van der Waals surface area contributed by atoms with Crippen LogP contribution in [0.2, 0.25) is 10.0 Å². The van der Waals surface area contributed by atoms with Crippen LogP contribution in [-0.2, 0) is 21.4 Å². The average Bonchev–Trinajstić information content (AvgIpc) is 3.23. The maximum absolute atomic E-state index is 13.3. The second-order valence-electron chi connectivity index (χ2n) is 6.94. The van der Waals surface area contributed by atoms with Crippen LogP contribution >= 0.6 is 23.2 Å². The summed E-state index contributed by atoms with van der Waals surface area (Å²) in [5, 5.41) is 3.44. The molecule has 0 unspecified atom stereocenters. The van der Waals surface area contributed by atoms with Gasteiger partial charge in [0.2, 0.25) is 22.7 Å². The molecule has 0 saturated carbocycles. The molecule has 0 atom stereocenters. The van der Waals surface area contributed by atoms with Crippen molar-refractivity contribution in [1.29, 1.82) is 0 Å². The van der Waals surface area contributed by atoms with E-state index in [-0.39, 0.29) is 18.2 Å². The van der Waals surface area contributed by atoms with Gasteiger partial charge >= 0.3 is 0 Å². The lowest BCUT2D eigenvalue weighted by Gasteiger charge is -2.22. The molecule has 0 spiro atoms. The highest BCUT2D eigenvalue weighted by Gasteiger charge is 2.28. The molecular formula is C22H18Cl2N2O5S. The number of nitrogens with zero attached hydrogens (tertiary/aromatic N) is 1. The number of hydrogen-bond acceptors (Lipinski definition) is 5. The van der Waals surface area contributed by atoms with Crippen LogP contribution in [0.15, 0.2) is 71.6 Å². The van der Waals surface area contributed by atoms with E-state index in [4.69, 9.17) is 32.7 Å². The number of ether oxygens (including phenoxy) is 2. The lowest BCUT2D eigenvalue weighted by Crippen LogP contribution is -2.37. The highest BCUT2D eigenvalue weighted by molar-refractivity contribution is 7.89. The number of benzene rings is 3. The summed E-state index contributed by atoms with van der Waals surface area (Å²) < 4.78 is 38.2. The van der Waals surface area contributed by atoms with E-state index >= 15 is 0 Å². The number of rotatable bonds is 7. The standard InChI is InChI=1S/C22H18Cl2N2O5S/c23-16-7-6-15(19(24)10-16)12-26(32(28,29)18-4-2-1-3-5-18)13-22(27)25-17-8-9-20-21(11-17)31-14-30-20/h1-11H,12-14H2,(H,25,27). The quantitative estimate of drug-likeness (QED) is 0.522. The molecule has 10 heteroatoms. The van der Waals surface area contributed by atoms with Gasteiger partial charge in [0, 0.05) is 28.3 Å². The van der Waals surface area contributed by atoms with Crippen molar-refractivity contribution in [3.8, 4) is 11.5 Å². The van der Waals surface area contributed by atoms with Crippen molar-refractivity contribution in [2.45, 2.75) is 11.4 Å². The molecule has 32 heavy (non-hydrogen) atoms. The largest absolute Gasteiger partial charge is 0.454 e. The number of hydrogen-bond donors (Lipinski definition) is 1. The minimum atomic E-state index is -3.99. The molecule has 1 aliphatic heterocycles. The van der Waals surface area contributed by atoms with Crippen LogP contribution in [0, 0.1) is 0 Å². The zero-order valence-corrected chi connectivity index (χ0v) is 19.0. The minimum Gasteiger partial charge on any atom is -0.454 e. The Morgan fingerprint density at radius 2 is 1.72 bits per heavy atom. The second-order valence-corrected chi connectivity index (χ2v) is 9.72. The Bertz CT molecular complexity index is 1250. The van der Waals surface area contributed by atoms with E-state index in [1.54, 1.807) is 48.5 Å². The van der Waals surface area contributed by atoms with E-state index in [2.05, 4.69) is 5.32 Å². The lowest BCUT2D eigenvalue weighted by atomic mass is 10.2. The van der Waals surface area contributed by atoms with Gasteiger partial charge < -0.3 is 14.8 Å². The maximum atomic E-state index is 13.3. The van der Waals surface area contributed by atoms with Gasteiger partial charge in [-0.25, -0.2) is 8.42 Å². The SMILES string of the molecule is O=C(CN(Cc1ccc(Cl)cc1Cl)S(=O)(=O)c1ccccc1)Nc1ccc2c(c1)OCO2. The van der Waals surface area contributed by atoms with E-state index in [0.717, 1.165) is 4.31 Å². The summed E-state index contributed by atoms with van der Waals surface area (Å²) in [7, 11) is -3.99. The Balaban J connectivity index is 1.59. The highest BCUT2D eigenvalue weighted by Crippen LogP contribution is 2.34. The first-order valence-corrected chi connectivity index (χ1v) is 11.7. The summed E-state index contributed by atoms with van der Waals surface area (Å²) >= 11 is 12.2. The molecule has 0 bridgehead atoms. The smallest absolute Gasteiger partial charge is 0.243 e. The summed E-state index contributed by atoms with van der Waals surface area (Å²) in [6.45, 7) is -0.426. The number of carbonyl (C=O) groups is 1. The summed E-state index contributed by atoms with van der Waals surface area (Å²) in [6, 6.07) is 17.6. The molecular weight excluding hydrogens is 475 g/mol. The Morgan fingerprint density at radius 3 is 2.47 bits per heavy atom. The molecule has 0 saturated heterocycles. The van der Waals surface area contributed by atoms with Gasteiger partial charge in [0.05, 0.1) is 11.4 Å². The van der Waals surface area contributed by atoms with Gasteiger partial charge in [0.15, 0.2) is 11.5 Å². The van der Waals surface area contributed by atoms with Gasteiger partial charge in [-0.1, -0.05) is 47.5 Å². The Labute approximate surface area is 195 Å². The maximum Gasteiger partial charge on any atom is 0.243 e. The molecule has 1 amide bonds. The molecule has 7 nitrogen and oxygen atoms in total.